The van der Waals surface area contributed by atoms with Crippen molar-refractivity contribution in [3.05, 3.63) is 58.3 Å². The van der Waals surface area contributed by atoms with Gasteiger partial charge in [0, 0.05) is 17.5 Å². The summed E-state index contributed by atoms with van der Waals surface area (Å²) in [4.78, 5) is 5.94. The third-order valence-corrected chi connectivity index (χ3v) is 4.27. The lowest BCUT2D eigenvalue weighted by atomic mass is 10.1. The Morgan fingerprint density at radius 2 is 1.96 bits per heavy atom. The second-order valence-corrected chi connectivity index (χ2v) is 6.38. The molecule has 1 heterocycles. The number of hydrogen-bond donors (Lipinski definition) is 2. The van der Waals surface area contributed by atoms with Crippen LogP contribution in [0.5, 0.6) is 0 Å². The maximum absolute atomic E-state index is 4.66. The van der Waals surface area contributed by atoms with E-state index in [0.717, 1.165) is 31.9 Å². The van der Waals surface area contributed by atoms with Crippen LogP contribution in [0, 0.1) is 0 Å². The van der Waals surface area contributed by atoms with Crippen molar-refractivity contribution < 1.29 is 0 Å². The molecule has 3 nitrogen and oxygen atoms in total. The van der Waals surface area contributed by atoms with Gasteiger partial charge in [-0.1, -0.05) is 36.4 Å². The van der Waals surface area contributed by atoms with Gasteiger partial charge in [0.2, 0.25) is 0 Å². The second-order valence-electron chi connectivity index (χ2n) is 5.34. The van der Waals surface area contributed by atoms with Crippen LogP contribution >= 0.6 is 35.3 Å². The Morgan fingerprint density at radius 1 is 1.17 bits per heavy atom. The van der Waals surface area contributed by atoms with E-state index < -0.39 is 0 Å². The maximum Gasteiger partial charge on any atom is 0.191 e. The highest BCUT2D eigenvalue weighted by molar-refractivity contribution is 14.0. The average molecular weight is 443 g/mol. The van der Waals surface area contributed by atoms with Crippen LogP contribution < -0.4 is 10.6 Å². The van der Waals surface area contributed by atoms with E-state index >= 15 is 0 Å². The number of hydrogen-bond acceptors (Lipinski definition) is 2. The van der Waals surface area contributed by atoms with E-state index in [-0.39, 0.29) is 24.0 Å². The normalized spacial score (nSPS) is 12.3. The van der Waals surface area contributed by atoms with Crippen molar-refractivity contribution in [1.82, 2.24) is 10.6 Å². The molecule has 126 valence electrons. The van der Waals surface area contributed by atoms with Crippen LogP contribution in [-0.2, 0) is 13.0 Å². The lowest BCUT2D eigenvalue weighted by Crippen LogP contribution is -2.42. The van der Waals surface area contributed by atoms with E-state index in [1.54, 1.807) is 11.3 Å². The molecule has 1 aromatic carbocycles. The first kappa shape index (κ1) is 20.0. The van der Waals surface area contributed by atoms with E-state index in [9.17, 15) is 0 Å². The van der Waals surface area contributed by atoms with Gasteiger partial charge in [0.05, 0.1) is 6.54 Å². The number of thiophene rings is 1. The monoisotopic (exact) mass is 443 g/mol. The van der Waals surface area contributed by atoms with Crippen molar-refractivity contribution in [3.63, 3.8) is 0 Å². The largest absolute Gasteiger partial charge is 0.357 e. The van der Waals surface area contributed by atoms with Gasteiger partial charge in [0.15, 0.2) is 5.96 Å². The molecule has 1 unspecified atom stereocenters. The summed E-state index contributed by atoms with van der Waals surface area (Å²) in [5, 5.41) is 8.90. The van der Waals surface area contributed by atoms with E-state index in [1.807, 2.05) is 0 Å². The lowest BCUT2D eigenvalue weighted by molar-refractivity contribution is 0.593. The van der Waals surface area contributed by atoms with Crippen LogP contribution in [0.1, 0.15) is 30.7 Å². The number of aryl methyl sites for hydroxylation is 1. The number of benzene rings is 1. The van der Waals surface area contributed by atoms with Gasteiger partial charge in [-0.05, 0) is 43.7 Å². The fraction of sp³-hybridized carbons (Fsp3) is 0.389. The first-order valence-electron chi connectivity index (χ1n) is 7.89. The van der Waals surface area contributed by atoms with E-state index in [1.165, 1.54) is 10.4 Å². The fourth-order valence-electron chi connectivity index (χ4n) is 2.21. The molecule has 5 heteroatoms. The van der Waals surface area contributed by atoms with Crippen LogP contribution in [0.3, 0.4) is 0 Å². The van der Waals surface area contributed by atoms with Crippen molar-refractivity contribution in [2.75, 3.05) is 6.54 Å². The van der Waals surface area contributed by atoms with Crippen LogP contribution in [-0.4, -0.2) is 18.5 Å². The Balaban J connectivity index is 0.00000264. The molecule has 0 saturated heterocycles. The number of nitrogens with one attached hydrogen (secondary N) is 2. The molecule has 0 spiro atoms. The summed E-state index contributed by atoms with van der Waals surface area (Å²) in [5.74, 6) is 0.900. The average Bonchev–Trinajstić information content (AvgIpc) is 3.05. The Morgan fingerprint density at radius 3 is 2.61 bits per heavy atom. The molecule has 0 aliphatic heterocycles. The maximum atomic E-state index is 4.66. The minimum absolute atomic E-state index is 0. The first-order valence-corrected chi connectivity index (χ1v) is 8.77. The van der Waals surface area contributed by atoms with Gasteiger partial charge in [-0.2, -0.15) is 0 Å². The zero-order valence-electron chi connectivity index (χ0n) is 13.8. The van der Waals surface area contributed by atoms with E-state index in [2.05, 4.69) is 77.3 Å². The van der Waals surface area contributed by atoms with Gasteiger partial charge in [-0.3, -0.25) is 0 Å². The van der Waals surface area contributed by atoms with Gasteiger partial charge >= 0.3 is 0 Å². The summed E-state index contributed by atoms with van der Waals surface area (Å²) >= 11 is 1.75. The Bertz CT molecular complexity index is 555. The highest BCUT2D eigenvalue weighted by atomic mass is 127. The molecular formula is C18H26IN3S. The summed E-state index contributed by atoms with van der Waals surface area (Å²) in [5.41, 5.74) is 1.39. The number of halogens is 1. The fourth-order valence-corrected chi connectivity index (χ4v) is 2.84. The number of guanidine groups is 1. The number of nitrogens with zero attached hydrogens (tertiary/aromatic N) is 1. The molecule has 2 aromatic rings. The number of aliphatic imine (C=N–C) groups is 1. The molecule has 1 atom stereocenters. The van der Waals surface area contributed by atoms with Crippen molar-refractivity contribution in [2.45, 2.75) is 39.3 Å². The Hall–Kier alpha value is -1.08. The van der Waals surface area contributed by atoms with Gasteiger partial charge in [0.25, 0.3) is 0 Å². The molecule has 0 fully saturated rings. The summed E-state index contributed by atoms with van der Waals surface area (Å²) in [6, 6.07) is 15.2. The van der Waals surface area contributed by atoms with Crippen LogP contribution in [0.2, 0.25) is 0 Å². The molecule has 23 heavy (non-hydrogen) atoms. The third kappa shape index (κ3) is 7.83. The third-order valence-electron chi connectivity index (χ3n) is 3.41. The molecule has 0 radical (unpaired) electrons. The van der Waals surface area contributed by atoms with Crippen LogP contribution in [0.25, 0.3) is 0 Å². The van der Waals surface area contributed by atoms with Crippen LogP contribution in [0.15, 0.2) is 52.8 Å². The number of rotatable bonds is 7. The molecular weight excluding hydrogens is 417 g/mol. The topological polar surface area (TPSA) is 36.4 Å². The summed E-state index contributed by atoms with van der Waals surface area (Å²) < 4.78 is 0. The molecule has 2 rings (SSSR count). The predicted octanol–water partition coefficient (Wildman–Crippen LogP) is 4.44. The molecule has 0 saturated carbocycles. The predicted molar refractivity (Wildman–Crippen MR) is 112 cm³/mol. The minimum Gasteiger partial charge on any atom is -0.357 e. The zero-order valence-corrected chi connectivity index (χ0v) is 16.9. The van der Waals surface area contributed by atoms with Crippen molar-refractivity contribution in [3.8, 4) is 0 Å². The van der Waals surface area contributed by atoms with E-state index in [4.69, 9.17) is 0 Å². The standard InChI is InChI=1S/C18H25N3S.HI/c1-3-19-18(20-14-17-10-7-13-22-17)21-15(2)11-12-16-8-5-4-6-9-16;/h4-10,13,15H,3,11-12,14H2,1-2H3,(H2,19,20,21);1H. The Kier molecular flexibility index (Phi) is 9.94. The summed E-state index contributed by atoms with van der Waals surface area (Å²) in [7, 11) is 0. The SMILES string of the molecule is CCNC(=NCc1cccs1)NC(C)CCc1ccccc1.I. The van der Waals surface area contributed by atoms with E-state index in [0.29, 0.717) is 6.04 Å². The lowest BCUT2D eigenvalue weighted by Gasteiger charge is -2.17. The van der Waals surface area contributed by atoms with Crippen molar-refractivity contribution in [1.29, 1.82) is 0 Å². The van der Waals surface area contributed by atoms with Gasteiger partial charge in [0.1, 0.15) is 0 Å². The minimum atomic E-state index is 0. The summed E-state index contributed by atoms with van der Waals surface area (Å²) in [6.45, 7) is 5.91. The second kappa shape index (κ2) is 11.5. The van der Waals surface area contributed by atoms with Crippen molar-refractivity contribution >= 4 is 41.3 Å². The summed E-state index contributed by atoms with van der Waals surface area (Å²) in [6.07, 6.45) is 2.17. The highest BCUT2D eigenvalue weighted by Crippen LogP contribution is 2.09. The smallest absolute Gasteiger partial charge is 0.191 e. The van der Waals surface area contributed by atoms with Crippen LogP contribution in [0.4, 0.5) is 0 Å². The van der Waals surface area contributed by atoms with Crippen molar-refractivity contribution in [2.24, 2.45) is 4.99 Å². The molecule has 1 aromatic heterocycles. The highest BCUT2D eigenvalue weighted by Gasteiger charge is 2.05. The molecule has 0 aliphatic rings. The zero-order chi connectivity index (χ0) is 15.6. The molecule has 0 amide bonds. The molecule has 0 bridgehead atoms. The Labute approximate surface area is 160 Å². The molecule has 2 N–H and O–H groups in total. The quantitative estimate of drug-likeness (QED) is 0.377. The first-order chi connectivity index (χ1) is 10.8. The van der Waals surface area contributed by atoms with Gasteiger partial charge in [-0.25, -0.2) is 4.99 Å². The van der Waals surface area contributed by atoms with Gasteiger partial charge in [-0.15, -0.1) is 35.3 Å². The molecule has 0 aliphatic carbocycles. The van der Waals surface area contributed by atoms with Gasteiger partial charge < -0.3 is 10.6 Å².